The number of nitrogens with zero attached hydrogens (tertiary/aromatic N) is 2. The molecule has 0 unspecified atom stereocenters. The first-order chi connectivity index (χ1) is 9.95. The Morgan fingerprint density at radius 3 is 2.57 bits per heavy atom. The van der Waals surface area contributed by atoms with Crippen LogP contribution in [0.3, 0.4) is 0 Å². The lowest BCUT2D eigenvalue weighted by Gasteiger charge is -2.16. The minimum Gasteiger partial charge on any atom is -0.275 e. The van der Waals surface area contributed by atoms with E-state index >= 15 is 0 Å². The maximum absolute atomic E-state index is 12.2. The number of amides is 3. The van der Waals surface area contributed by atoms with Crippen molar-refractivity contribution in [2.75, 3.05) is 20.7 Å². The smallest absolute Gasteiger partial charge is 0.261 e. The number of benzene rings is 1. The van der Waals surface area contributed by atoms with Gasteiger partial charge in [-0.1, -0.05) is 11.6 Å². The number of fused-ring (bicyclic) bond motifs is 1. The highest BCUT2D eigenvalue weighted by Crippen LogP contribution is 2.24. The summed E-state index contributed by atoms with van der Waals surface area (Å²) in [5, 5.41) is 1.13. The maximum atomic E-state index is 12.2. The summed E-state index contributed by atoms with van der Waals surface area (Å²) >= 11 is 0. The zero-order valence-electron chi connectivity index (χ0n) is 12.4. The van der Waals surface area contributed by atoms with Crippen molar-refractivity contribution >= 4 is 17.7 Å². The molecule has 0 atom stereocenters. The summed E-state index contributed by atoms with van der Waals surface area (Å²) in [6.45, 7) is 2.11. The molecule has 1 aliphatic rings. The SMILES string of the molecule is CON(C)C(=O)CCCN1C(=O)c2ccc(C)cc2C1=O. The van der Waals surface area contributed by atoms with Gasteiger partial charge < -0.3 is 0 Å². The van der Waals surface area contributed by atoms with E-state index in [1.807, 2.05) is 13.0 Å². The molecule has 6 nitrogen and oxygen atoms in total. The molecule has 0 bridgehead atoms. The molecular weight excluding hydrogens is 272 g/mol. The number of aryl methyl sites for hydroxylation is 1. The van der Waals surface area contributed by atoms with Crippen LogP contribution in [0.2, 0.25) is 0 Å². The molecule has 21 heavy (non-hydrogen) atoms. The molecule has 0 radical (unpaired) electrons. The second-order valence-electron chi connectivity index (χ2n) is 4.99. The number of hydroxylamine groups is 2. The summed E-state index contributed by atoms with van der Waals surface area (Å²) in [7, 11) is 2.93. The zero-order chi connectivity index (χ0) is 15.6. The van der Waals surface area contributed by atoms with Crippen LogP contribution in [-0.2, 0) is 9.63 Å². The van der Waals surface area contributed by atoms with Gasteiger partial charge in [0.2, 0.25) is 5.91 Å². The highest BCUT2D eigenvalue weighted by atomic mass is 16.7. The molecule has 112 valence electrons. The third-order valence-electron chi connectivity index (χ3n) is 3.52. The van der Waals surface area contributed by atoms with Crippen LogP contribution in [0.1, 0.15) is 39.1 Å². The molecule has 0 fully saturated rings. The Hall–Kier alpha value is -2.21. The third kappa shape index (κ3) is 2.95. The number of imide groups is 1. The second kappa shape index (κ2) is 6.05. The van der Waals surface area contributed by atoms with E-state index in [-0.39, 0.29) is 30.7 Å². The van der Waals surface area contributed by atoms with Crippen molar-refractivity contribution in [2.45, 2.75) is 19.8 Å². The monoisotopic (exact) mass is 290 g/mol. The predicted molar refractivity (Wildman–Crippen MR) is 75.6 cm³/mol. The largest absolute Gasteiger partial charge is 0.275 e. The molecule has 0 saturated heterocycles. The van der Waals surface area contributed by atoms with Crippen molar-refractivity contribution < 1.29 is 19.2 Å². The van der Waals surface area contributed by atoms with Crippen molar-refractivity contribution in [3.63, 3.8) is 0 Å². The van der Waals surface area contributed by atoms with Crippen molar-refractivity contribution in [3.8, 4) is 0 Å². The first-order valence-electron chi connectivity index (χ1n) is 6.73. The third-order valence-corrected chi connectivity index (χ3v) is 3.52. The van der Waals surface area contributed by atoms with Gasteiger partial charge in [-0.05, 0) is 25.5 Å². The van der Waals surface area contributed by atoms with E-state index < -0.39 is 0 Å². The molecule has 2 rings (SSSR count). The number of hydrogen-bond acceptors (Lipinski definition) is 4. The van der Waals surface area contributed by atoms with Gasteiger partial charge in [-0.25, -0.2) is 5.06 Å². The van der Waals surface area contributed by atoms with Gasteiger partial charge in [0.25, 0.3) is 11.8 Å². The Bertz CT molecular complexity index is 597. The average molecular weight is 290 g/mol. The molecule has 0 aliphatic carbocycles. The number of carbonyl (C=O) groups is 3. The highest BCUT2D eigenvalue weighted by molar-refractivity contribution is 6.21. The number of rotatable bonds is 5. The van der Waals surface area contributed by atoms with E-state index in [0.717, 1.165) is 10.6 Å². The minimum atomic E-state index is -0.289. The quantitative estimate of drug-likeness (QED) is 0.607. The summed E-state index contributed by atoms with van der Waals surface area (Å²) in [4.78, 5) is 41.9. The van der Waals surface area contributed by atoms with Gasteiger partial charge in [-0.15, -0.1) is 0 Å². The Morgan fingerprint density at radius 2 is 1.90 bits per heavy atom. The van der Waals surface area contributed by atoms with Gasteiger partial charge in [0.05, 0.1) is 18.2 Å². The molecule has 1 aliphatic heterocycles. The molecule has 0 aromatic heterocycles. The molecule has 6 heteroatoms. The van der Waals surface area contributed by atoms with Crippen LogP contribution in [0, 0.1) is 6.92 Å². The van der Waals surface area contributed by atoms with Crippen LogP contribution in [-0.4, -0.2) is 48.4 Å². The highest BCUT2D eigenvalue weighted by Gasteiger charge is 2.34. The fraction of sp³-hybridized carbons (Fsp3) is 0.400. The van der Waals surface area contributed by atoms with E-state index in [4.69, 9.17) is 4.84 Å². The van der Waals surface area contributed by atoms with Crippen LogP contribution in [0.25, 0.3) is 0 Å². The van der Waals surface area contributed by atoms with Gasteiger partial charge in [-0.2, -0.15) is 0 Å². The van der Waals surface area contributed by atoms with Gasteiger partial charge in [0.1, 0.15) is 0 Å². The first-order valence-corrected chi connectivity index (χ1v) is 6.73. The van der Waals surface area contributed by atoms with Crippen LogP contribution >= 0.6 is 0 Å². The minimum absolute atomic E-state index is 0.190. The normalized spacial score (nSPS) is 13.6. The molecule has 0 spiro atoms. The fourth-order valence-electron chi connectivity index (χ4n) is 2.26. The molecule has 0 saturated carbocycles. The van der Waals surface area contributed by atoms with Gasteiger partial charge in [-0.3, -0.25) is 24.1 Å². The second-order valence-corrected chi connectivity index (χ2v) is 4.99. The van der Waals surface area contributed by atoms with Crippen molar-refractivity contribution in [3.05, 3.63) is 34.9 Å². The van der Waals surface area contributed by atoms with Gasteiger partial charge in [0, 0.05) is 20.0 Å². The van der Waals surface area contributed by atoms with Crippen molar-refractivity contribution in [1.82, 2.24) is 9.96 Å². The van der Waals surface area contributed by atoms with Crippen LogP contribution in [0.5, 0.6) is 0 Å². The van der Waals surface area contributed by atoms with E-state index in [9.17, 15) is 14.4 Å². The number of carbonyl (C=O) groups excluding carboxylic acids is 3. The predicted octanol–water partition coefficient (Wildman–Crippen LogP) is 1.39. The standard InChI is InChI=1S/C15H18N2O4/c1-10-6-7-11-12(9-10)15(20)17(14(11)19)8-4-5-13(18)16(2)21-3/h6-7,9H,4-5,8H2,1-3H3. The fourth-order valence-corrected chi connectivity index (χ4v) is 2.26. The summed E-state index contributed by atoms with van der Waals surface area (Å²) in [5.41, 5.74) is 1.82. The van der Waals surface area contributed by atoms with E-state index in [0.29, 0.717) is 17.5 Å². The molecule has 0 N–H and O–H groups in total. The molecule has 3 amide bonds. The molecular formula is C15H18N2O4. The first kappa shape index (κ1) is 15.2. The number of hydrogen-bond donors (Lipinski definition) is 0. The Balaban J connectivity index is 1.99. The summed E-state index contributed by atoms with van der Waals surface area (Å²) in [6.07, 6.45) is 0.633. The topological polar surface area (TPSA) is 66.9 Å². The van der Waals surface area contributed by atoms with Crippen LogP contribution in [0.15, 0.2) is 18.2 Å². The van der Waals surface area contributed by atoms with E-state index in [2.05, 4.69) is 0 Å². The lowest BCUT2D eigenvalue weighted by atomic mass is 10.1. The Kier molecular flexibility index (Phi) is 4.37. The Morgan fingerprint density at radius 1 is 1.24 bits per heavy atom. The van der Waals surface area contributed by atoms with Crippen LogP contribution < -0.4 is 0 Å². The van der Waals surface area contributed by atoms with Gasteiger partial charge >= 0.3 is 0 Å². The lowest BCUT2D eigenvalue weighted by Crippen LogP contribution is -2.32. The van der Waals surface area contributed by atoms with E-state index in [1.165, 1.54) is 19.1 Å². The summed E-state index contributed by atoms with van der Waals surface area (Å²) in [6, 6.07) is 5.21. The molecule has 1 aromatic rings. The average Bonchev–Trinajstić information content (AvgIpc) is 2.70. The molecule has 1 aromatic carbocycles. The van der Waals surface area contributed by atoms with Gasteiger partial charge in [0.15, 0.2) is 0 Å². The van der Waals surface area contributed by atoms with Crippen molar-refractivity contribution in [2.24, 2.45) is 0 Å². The zero-order valence-corrected chi connectivity index (χ0v) is 12.4. The summed E-state index contributed by atoms with van der Waals surface area (Å²) < 4.78 is 0. The lowest BCUT2D eigenvalue weighted by molar-refractivity contribution is -0.168. The maximum Gasteiger partial charge on any atom is 0.261 e. The van der Waals surface area contributed by atoms with E-state index in [1.54, 1.807) is 12.1 Å². The Labute approximate surface area is 123 Å². The van der Waals surface area contributed by atoms with Crippen molar-refractivity contribution in [1.29, 1.82) is 0 Å². The molecule has 1 heterocycles. The summed E-state index contributed by atoms with van der Waals surface area (Å²) in [5.74, 6) is -0.765. The van der Waals surface area contributed by atoms with Crippen LogP contribution in [0.4, 0.5) is 0 Å².